The number of rotatable bonds is 4. The molecule has 0 aliphatic carbocycles. The van der Waals surface area contributed by atoms with Gasteiger partial charge < -0.3 is 9.88 Å². The van der Waals surface area contributed by atoms with Crippen LogP contribution in [0.1, 0.15) is 24.9 Å². The highest BCUT2D eigenvalue weighted by molar-refractivity contribution is 7.91. The van der Waals surface area contributed by atoms with E-state index < -0.39 is 15.8 Å². The summed E-state index contributed by atoms with van der Waals surface area (Å²) < 4.78 is 24.9. The summed E-state index contributed by atoms with van der Waals surface area (Å²) in [5.41, 5.74) is 1.93. The summed E-state index contributed by atoms with van der Waals surface area (Å²) in [6.07, 6.45) is 5.69. The summed E-state index contributed by atoms with van der Waals surface area (Å²) in [6, 6.07) is 7.63. The lowest BCUT2D eigenvalue weighted by molar-refractivity contribution is -0.124. The van der Waals surface area contributed by atoms with Crippen LogP contribution in [-0.4, -0.2) is 35.4 Å². The Balaban J connectivity index is 1.70. The van der Waals surface area contributed by atoms with Crippen LogP contribution in [0.3, 0.4) is 0 Å². The maximum absolute atomic E-state index is 12.2. The van der Waals surface area contributed by atoms with Crippen molar-refractivity contribution in [3.8, 4) is 5.69 Å². The minimum absolute atomic E-state index is 0.0410. The molecule has 1 amide bonds. The normalized spacial score (nSPS) is 21.0. The maximum atomic E-state index is 12.2. The van der Waals surface area contributed by atoms with Crippen LogP contribution < -0.4 is 5.32 Å². The van der Waals surface area contributed by atoms with E-state index in [1.165, 1.54) is 0 Å². The lowest BCUT2D eigenvalue weighted by Crippen LogP contribution is -2.33. The van der Waals surface area contributed by atoms with Gasteiger partial charge in [-0.1, -0.05) is 12.1 Å². The van der Waals surface area contributed by atoms with Gasteiger partial charge in [0.25, 0.3) is 0 Å². The van der Waals surface area contributed by atoms with Crippen LogP contribution in [0.5, 0.6) is 0 Å². The molecular weight excluding hydrogens is 314 g/mol. The average Bonchev–Trinajstić information content (AvgIpc) is 3.16. The van der Waals surface area contributed by atoms with E-state index in [4.69, 9.17) is 0 Å². The standard InChI is InChI=1S/C16H19N3O3S/c1-12(18-16(20)14-5-8-23(21,22)10-14)13-3-2-4-15(9-13)19-7-6-17-11-19/h2-4,6-7,9,11-12,14H,5,8,10H2,1H3,(H,18,20)/t12-,14+/m0/s1. The van der Waals surface area contributed by atoms with Crippen LogP contribution in [0.25, 0.3) is 5.69 Å². The number of imidazole rings is 1. The topological polar surface area (TPSA) is 81.1 Å². The number of nitrogens with one attached hydrogen (secondary N) is 1. The van der Waals surface area contributed by atoms with Crippen LogP contribution in [0.15, 0.2) is 43.0 Å². The number of benzene rings is 1. The summed E-state index contributed by atoms with van der Waals surface area (Å²) in [5, 5.41) is 2.92. The quantitative estimate of drug-likeness (QED) is 0.919. The zero-order valence-electron chi connectivity index (χ0n) is 12.8. The fraction of sp³-hybridized carbons (Fsp3) is 0.375. The maximum Gasteiger partial charge on any atom is 0.224 e. The number of nitrogens with zero attached hydrogens (tertiary/aromatic N) is 2. The van der Waals surface area contributed by atoms with Crippen LogP contribution in [0.2, 0.25) is 0 Å². The SMILES string of the molecule is C[C@H](NC(=O)[C@@H]1CCS(=O)(=O)C1)c1cccc(-n2ccnc2)c1. The van der Waals surface area contributed by atoms with Gasteiger partial charge in [-0.05, 0) is 31.0 Å². The second kappa shape index (κ2) is 6.16. The Labute approximate surface area is 135 Å². The van der Waals surface area contributed by atoms with Gasteiger partial charge in [-0.2, -0.15) is 0 Å². The molecule has 7 heteroatoms. The number of amides is 1. The third-order valence-electron chi connectivity index (χ3n) is 4.13. The molecular formula is C16H19N3O3S. The molecule has 1 fully saturated rings. The predicted molar refractivity (Wildman–Crippen MR) is 86.9 cm³/mol. The minimum atomic E-state index is -3.05. The first-order valence-corrected chi connectivity index (χ1v) is 9.36. The summed E-state index contributed by atoms with van der Waals surface area (Å²) in [5.74, 6) is -0.554. The highest BCUT2D eigenvalue weighted by Crippen LogP contribution is 2.21. The Hall–Kier alpha value is -2.15. The summed E-state index contributed by atoms with van der Waals surface area (Å²) in [6.45, 7) is 1.90. The van der Waals surface area contributed by atoms with Gasteiger partial charge in [-0.25, -0.2) is 13.4 Å². The van der Waals surface area contributed by atoms with Crippen molar-refractivity contribution in [2.24, 2.45) is 5.92 Å². The molecule has 0 spiro atoms. The predicted octanol–water partition coefficient (Wildman–Crippen LogP) is 1.48. The smallest absolute Gasteiger partial charge is 0.224 e. The third kappa shape index (κ3) is 3.61. The van der Waals surface area contributed by atoms with Gasteiger partial charge in [-0.3, -0.25) is 4.79 Å². The molecule has 1 aliphatic rings. The fourth-order valence-corrected chi connectivity index (χ4v) is 4.52. The van der Waals surface area contributed by atoms with E-state index in [1.54, 1.807) is 12.5 Å². The van der Waals surface area contributed by atoms with Crippen molar-refractivity contribution in [2.45, 2.75) is 19.4 Å². The van der Waals surface area contributed by atoms with Gasteiger partial charge in [-0.15, -0.1) is 0 Å². The van der Waals surface area contributed by atoms with Crippen molar-refractivity contribution in [1.29, 1.82) is 0 Å². The molecule has 1 aromatic carbocycles. The van der Waals surface area contributed by atoms with Gasteiger partial charge in [0, 0.05) is 18.1 Å². The average molecular weight is 333 g/mol. The molecule has 6 nitrogen and oxygen atoms in total. The second-order valence-electron chi connectivity index (χ2n) is 5.90. The van der Waals surface area contributed by atoms with E-state index in [9.17, 15) is 13.2 Å². The minimum Gasteiger partial charge on any atom is -0.349 e. The van der Waals surface area contributed by atoms with Crippen molar-refractivity contribution in [3.63, 3.8) is 0 Å². The lowest BCUT2D eigenvalue weighted by atomic mass is 10.0. The highest BCUT2D eigenvalue weighted by atomic mass is 32.2. The van der Waals surface area contributed by atoms with Crippen LogP contribution in [0, 0.1) is 5.92 Å². The number of aromatic nitrogens is 2. The van der Waals surface area contributed by atoms with Gasteiger partial charge in [0.15, 0.2) is 9.84 Å². The Morgan fingerprint density at radius 1 is 1.43 bits per heavy atom. The Bertz CT molecular complexity index is 800. The van der Waals surface area contributed by atoms with E-state index in [1.807, 2.05) is 42.0 Å². The number of sulfone groups is 1. The highest BCUT2D eigenvalue weighted by Gasteiger charge is 2.33. The fourth-order valence-electron chi connectivity index (χ4n) is 2.78. The molecule has 0 bridgehead atoms. The Kier molecular flexibility index (Phi) is 4.21. The summed E-state index contributed by atoms with van der Waals surface area (Å²) >= 11 is 0. The molecule has 122 valence electrons. The van der Waals surface area contributed by atoms with Gasteiger partial charge >= 0.3 is 0 Å². The number of carbonyl (C=O) groups is 1. The molecule has 2 aromatic rings. The molecule has 23 heavy (non-hydrogen) atoms. The molecule has 0 radical (unpaired) electrons. The molecule has 2 heterocycles. The van der Waals surface area contributed by atoms with Crippen molar-refractivity contribution < 1.29 is 13.2 Å². The molecule has 3 rings (SSSR count). The van der Waals surface area contributed by atoms with E-state index in [2.05, 4.69) is 10.3 Å². The third-order valence-corrected chi connectivity index (χ3v) is 5.90. The van der Waals surface area contributed by atoms with Crippen LogP contribution in [0.4, 0.5) is 0 Å². The zero-order valence-corrected chi connectivity index (χ0v) is 13.7. The second-order valence-corrected chi connectivity index (χ2v) is 8.12. The van der Waals surface area contributed by atoms with E-state index in [0.29, 0.717) is 6.42 Å². The van der Waals surface area contributed by atoms with Crippen molar-refractivity contribution in [3.05, 3.63) is 48.5 Å². The summed E-state index contributed by atoms with van der Waals surface area (Å²) in [4.78, 5) is 16.3. The zero-order chi connectivity index (χ0) is 16.4. The first-order chi connectivity index (χ1) is 10.9. The Morgan fingerprint density at radius 2 is 2.26 bits per heavy atom. The van der Waals surface area contributed by atoms with E-state index in [-0.39, 0.29) is 23.5 Å². The van der Waals surface area contributed by atoms with E-state index >= 15 is 0 Å². The molecule has 1 saturated heterocycles. The molecule has 1 aliphatic heterocycles. The number of hydrogen-bond donors (Lipinski definition) is 1. The molecule has 0 unspecified atom stereocenters. The Morgan fingerprint density at radius 3 is 2.91 bits per heavy atom. The van der Waals surface area contributed by atoms with Gasteiger partial charge in [0.1, 0.15) is 0 Å². The van der Waals surface area contributed by atoms with E-state index in [0.717, 1.165) is 11.3 Å². The van der Waals surface area contributed by atoms with Gasteiger partial charge in [0.2, 0.25) is 5.91 Å². The van der Waals surface area contributed by atoms with Crippen LogP contribution >= 0.6 is 0 Å². The van der Waals surface area contributed by atoms with Crippen molar-refractivity contribution in [2.75, 3.05) is 11.5 Å². The first kappa shape index (κ1) is 15.7. The molecule has 1 aromatic heterocycles. The van der Waals surface area contributed by atoms with Crippen molar-refractivity contribution in [1.82, 2.24) is 14.9 Å². The molecule has 1 N–H and O–H groups in total. The number of hydrogen-bond acceptors (Lipinski definition) is 4. The summed E-state index contributed by atoms with van der Waals surface area (Å²) in [7, 11) is -3.05. The van der Waals surface area contributed by atoms with Crippen molar-refractivity contribution >= 4 is 15.7 Å². The first-order valence-electron chi connectivity index (χ1n) is 7.54. The molecule has 2 atom stereocenters. The lowest BCUT2D eigenvalue weighted by Gasteiger charge is -2.17. The molecule has 0 saturated carbocycles. The number of carbonyl (C=O) groups excluding carboxylic acids is 1. The van der Waals surface area contributed by atoms with Gasteiger partial charge in [0.05, 0.1) is 29.8 Å². The van der Waals surface area contributed by atoms with Crippen LogP contribution in [-0.2, 0) is 14.6 Å². The monoisotopic (exact) mass is 333 g/mol. The largest absolute Gasteiger partial charge is 0.349 e.